The molecule has 1 aliphatic heterocycles. The highest BCUT2D eigenvalue weighted by molar-refractivity contribution is 5.68. The van der Waals surface area contributed by atoms with Crippen LogP contribution in [-0.2, 0) is 4.74 Å². The van der Waals surface area contributed by atoms with Gasteiger partial charge in [0.2, 0.25) is 0 Å². The summed E-state index contributed by atoms with van der Waals surface area (Å²) >= 11 is 0. The summed E-state index contributed by atoms with van der Waals surface area (Å²) in [6.07, 6.45) is 2.01. The third-order valence-electron chi connectivity index (χ3n) is 4.43. The first-order chi connectivity index (χ1) is 10.1. The number of hydrogen-bond donors (Lipinski definition) is 1. The van der Waals surface area contributed by atoms with Gasteiger partial charge in [-0.15, -0.1) is 0 Å². The molecule has 1 saturated heterocycles. The number of nitrogens with one attached hydrogen (secondary N) is 1. The van der Waals surface area contributed by atoms with Gasteiger partial charge in [0.25, 0.3) is 0 Å². The Morgan fingerprint density at radius 3 is 2.32 bits per heavy atom. The second kappa shape index (κ2) is 8.19. The molecule has 0 spiro atoms. The molecule has 4 heteroatoms. The van der Waals surface area contributed by atoms with Gasteiger partial charge in [-0.25, -0.2) is 4.79 Å². The molecule has 0 saturated carbocycles. The second-order valence-electron chi connectivity index (χ2n) is 8.33. The zero-order valence-electron chi connectivity index (χ0n) is 15.6. The summed E-state index contributed by atoms with van der Waals surface area (Å²) in [6, 6.07) is 0.390. The summed E-state index contributed by atoms with van der Waals surface area (Å²) < 4.78 is 5.49. The van der Waals surface area contributed by atoms with Crippen molar-refractivity contribution in [3.63, 3.8) is 0 Å². The maximum absolute atomic E-state index is 12.2. The van der Waals surface area contributed by atoms with Crippen molar-refractivity contribution < 1.29 is 9.53 Å². The first kappa shape index (κ1) is 19.3. The van der Waals surface area contributed by atoms with Crippen LogP contribution in [0.1, 0.15) is 61.3 Å². The Kier molecular flexibility index (Phi) is 7.17. The average Bonchev–Trinajstić information content (AvgIpc) is 2.36. The second-order valence-corrected chi connectivity index (χ2v) is 8.33. The Bertz CT molecular complexity index is 339. The fraction of sp³-hybridized carbons (Fsp3) is 0.944. The molecule has 1 rings (SSSR count). The van der Waals surface area contributed by atoms with Crippen molar-refractivity contribution in [3.8, 4) is 0 Å². The molecule has 1 atom stereocenters. The van der Waals surface area contributed by atoms with Crippen LogP contribution in [0, 0.1) is 17.8 Å². The number of rotatable bonds is 5. The Hall–Kier alpha value is -0.770. The average molecular weight is 312 g/mol. The minimum absolute atomic E-state index is 0.178. The molecule has 1 amide bonds. The SMILES string of the molecule is CC(C)C(CNC1CCCN(C(=O)OC(C)(C)C)C1)C(C)C. The van der Waals surface area contributed by atoms with Crippen LogP contribution in [0.4, 0.5) is 4.79 Å². The van der Waals surface area contributed by atoms with Crippen LogP contribution in [0.25, 0.3) is 0 Å². The maximum atomic E-state index is 12.2. The van der Waals surface area contributed by atoms with Gasteiger partial charge >= 0.3 is 6.09 Å². The molecule has 1 fully saturated rings. The monoisotopic (exact) mass is 312 g/mol. The van der Waals surface area contributed by atoms with Gasteiger partial charge < -0.3 is 15.0 Å². The van der Waals surface area contributed by atoms with E-state index >= 15 is 0 Å². The number of amides is 1. The quantitative estimate of drug-likeness (QED) is 0.837. The van der Waals surface area contributed by atoms with E-state index in [0.29, 0.717) is 23.8 Å². The van der Waals surface area contributed by atoms with Crippen LogP contribution >= 0.6 is 0 Å². The molecule has 130 valence electrons. The lowest BCUT2D eigenvalue weighted by Crippen LogP contribution is -2.50. The highest BCUT2D eigenvalue weighted by Gasteiger charge is 2.28. The molecular weight excluding hydrogens is 276 g/mol. The number of nitrogens with zero attached hydrogens (tertiary/aromatic N) is 1. The zero-order chi connectivity index (χ0) is 16.9. The van der Waals surface area contributed by atoms with Crippen LogP contribution in [0.15, 0.2) is 0 Å². The predicted octanol–water partition coefficient (Wildman–Crippen LogP) is 3.90. The minimum atomic E-state index is -0.419. The van der Waals surface area contributed by atoms with Crippen molar-refractivity contribution >= 4 is 6.09 Å². The lowest BCUT2D eigenvalue weighted by Gasteiger charge is -2.36. The van der Waals surface area contributed by atoms with Crippen LogP contribution in [0.5, 0.6) is 0 Å². The summed E-state index contributed by atoms with van der Waals surface area (Å²) in [5.41, 5.74) is -0.419. The summed E-state index contributed by atoms with van der Waals surface area (Å²) in [7, 11) is 0. The van der Waals surface area contributed by atoms with Crippen molar-refractivity contribution in [2.45, 2.75) is 73.0 Å². The highest BCUT2D eigenvalue weighted by Crippen LogP contribution is 2.21. The molecule has 1 N–H and O–H groups in total. The van der Waals surface area contributed by atoms with Crippen LogP contribution in [0.2, 0.25) is 0 Å². The van der Waals surface area contributed by atoms with E-state index in [0.717, 1.165) is 32.5 Å². The van der Waals surface area contributed by atoms with E-state index in [2.05, 4.69) is 33.0 Å². The number of hydrogen-bond acceptors (Lipinski definition) is 3. The summed E-state index contributed by atoms with van der Waals surface area (Å²) in [4.78, 5) is 14.0. The molecule has 4 nitrogen and oxygen atoms in total. The molecule has 1 heterocycles. The van der Waals surface area contributed by atoms with Gasteiger partial charge in [0.15, 0.2) is 0 Å². The maximum Gasteiger partial charge on any atom is 0.410 e. The van der Waals surface area contributed by atoms with Crippen molar-refractivity contribution in [3.05, 3.63) is 0 Å². The highest BCUT2D eigenvalue weighted by atomic mass is 16.6. The van der Waals surface area contributed by atoms with Gasteiger partial charge in [-0.3, -0.25) is 0 Å². The van der Waals surface area contributed by atoms with Gasteiger partial charge in [-0.2, -0.15) is 0 Å². The van der Waals surface area contributed by atoms with Crippen LogP contribution in [-0.4, -0.2) is 42.3 Å². The third kappa shape index (κ3) is 6.55. The normalized spacial score (nSPS) is 20.1. The topological polar surface area (TPSA) is 41.6 Å². The van der Waals surface area contributed by atoms with E-state index in [1.165, 1.54) is 0 Å². The summed E-state index contributed by atoms with van der Waals surface area (Å²) in [5.74, 6) is 2.04. The molecule has 0 aromatic heterocycles. The lowest BCUT2D eigenvalue weighted by atomic mass is 9.85. The van der Waals surface area contributed by atoms with Gasteiger partial charge in [0.05, 0.1) is 0 Å². The van der Waals surface area contributed by atoms with E-state index in [4.69, 9.17) is 4.74 Å². The number of likely N-dealkylation sites (tertiary alicyclic amines) is 1. The molecule has 0 aromatic rings. The van der Waals surface area contributed by atoms with Crippen LogP contribution < -0.4 is 5.32 Å². The van der Waals surface area contributed by atoms with Gasteiger partial charge in [-0.05, 0) is 57.9 Å². The smallest absolute Gasteiger partial charge is 0.410 e. The Balaban J connectivity index is 2.48. The van der Waals surface area contributed by atoms with Gasteiger partial charge in [0.1, 0.15) is 5.60 Å². The van der Waals surface area contributed by atoms with E-state index in [1.807, 2.05) is 25.7 Å². The van der Waals surface area contributed by atoms with Crippen LogP contribution in [0.3, 0.4) is 0 Å². The largest absolute Gasteiger partial charge is 0.444 e. The zero-order valence-corrected chi connectivity index (χ0v) is 15.6. The lowest BCUT2D eigenvalue weighted by molar-refractivity contribution is 0.0184. The molecular formula is C18H36N2O2. The minimum Gasteiger partial charge on any atom is -0.444 e. The number of carbonyl (C=O) groups excluding carboxylic acids is 1. The van der Waals surface area contributed by atoms with Crippen molar-refractivity contribution in [1.29, 1.82) is 0 Å². The number of ether oxygens (including phenoxy) is 1. The predicted molar refractivity (Wildman–Crippen MR) is 92.0 cm³/mol. The Morgan fingerprint density at radius 1 is 1.23 bits per heavy atom. The fourth-order valence-electron chi connectivity index (χ4n) is 3.18. The standard InChI is InChI=1S/C18H36N2O2/c1-13(2)16(14(3)4)11-19-15-9-8-10-20(12-15)17(21)22-18(5,6)7/h13-16,19H,8-12H2,1-7H3. The summed E-state index contributed by atoms with van der Waals surface area (Å²) in [6.45, 7) is 17.5. The molecule has 0 bridgehead atoms. The van der Waals surface area contributed by atoms with E-state index in [1.54, 1.807) is 0 Å². The van der Waals surface area contributed by atoms with E-state index in [-0.39, 0.29) is 6.09 Å². The van der Waals surface area contributed by atoms with E-state index < -0.39 is 5.60 Å². The third-order valence-corrected chi connectivity index (χ3v) is 4.43. The molecule has 0 radical (unpaired) electrons. The fourth-order valence-corrected chi connectivity index (χ4v) is 3.18. The molecule has 0 aromatic carbocycles. The molecule has 1 aliphatic rings. The van der Waals surface area contributed by atoms with E-state index in [9.17, 15) is 4.79 Å². The molecule has 0 aliphatic carbocycles. The van der Waals surface area contributed by atoms with Crippen molar-refractivity contribution in [2.24, 2.45) is 17.8 Å². The summed E-state index contributed by atoms with van der Waals surface area (Å²) in [5, 5.41) is 3.68. The Morgan fingerprint density at radius 2 is 1.82 bits per heavy atom. The van der Waals surface area contributed by atoms with Crippen molar-refractivity contribution in [2.75, 3.05) is 19.6 Å². The Labute approximate surface area is 137 Å². The number of piperidine rings is 1. The first-order valence-corrected chi connectivity index (χ1v) is 8.81. The van der Waals surface area contributed by atoms with Gasteiger partial charge in [0, 0.05) is 19.1 Å². The number of carbonyl (C=O) groups is 1. The molecule has 1 unspecified atom stereocenters. The molecule has 22 heavy (non-hydrogen) atoms. The van der Waals surface area contributed by atoms with Gasteiger partial charge in [-0.1, -0.05) is 27.7 Å². The first-order valence-electron chi connectivity index (χ1n) is 8.81. The van der Waals surface area contributed by atoms with Crippen molar-refractivity contribution in [1.82, 2.24) is 10.2 Å².